The molecule has 3 aliphatic rings. The van der Waals surface area contributed by atoms with E-state index in [0.717, 1.165) is 37.4 Å². The first kappa shape index (κ1) is 14.9. The van der Waals surface area contributed by atoms with Crippen LogP contribution < -0.4 is 4.90 Å². The van der Waals surface area contributed by atoms with Gasteiger partial charge in [0.1, 0.15) is 6.04 Å². The Balaban J connectivity index is 1.53. The summed E-state index contributed by atoms with van der Waals surface area (Å²) in [5.74, 6) is -0.509. The van der Waals surface area contributed by atoms with Gasteiger partial charge in [-0.2, -0.15) is 0 Å². The molecule has 6 nitrogen and oxygen atoms in total. The van der Waals surface area contributed by atoms with Gasteiger partial charge in [-0.3, -0.25) is 9.59 Å². The summed E-state index contributed by atoms with van der Waals surface area (Å²) in [6, 6.07) is -0.175. The number of carbonyl (C=O) groups excluding carboxylic acids is 1. The number of carbonyl (C=O) groups is 2. The summed E-state index contributed by atoms with van der Waals surface area (Å²) in [6.07, 6.45) is 6.18. The molecule has 2 aliphatic heterocycles. The average molecular weight is 335 g/mol. The van der Waals surface area contributed by atoms with E-state index in [-0.39, 0.29) is 17.9 Å². The Labute approximate surface area is 139 Å². The average Bonchev–Trinajstić information content (AvgIpc) is 3.27. The molecule has 0 radical (unpaired) electrons. The van der Waals surface area contributed by atoms with E-state index in [4.69, 9.17) is 0 Å². The van der Waals surface area contributed by atoms with Crippen molar-refractivity contribution in [3.63, 3.8) is 0 Å². The van der Waals surface area contributed by atoms with E-state index in [9.17, 15) is 14.7 Å². The molecule has 1 unspecified atom stereocenters. The van der Waals surface area contributed by atoms with E-state index in [2.05, 4.69) is 9.88 Å². The Morgan fingerprint density at radius 1 is 1.35 bits per heavy atom. The molecule has 124 valence electrons. The van der Waals surface area contributed by atoms with Crippen molar-refractivity contribution in [2.75, 3.05) is 24.5 Å². The third-order valence-corrected chi connectivity index (χ3v) is 6.62. The lowest BCUT2D eigenvalue weighted by molar-refractivity contribution is -0.149. The third kappa shape index (κ3) is 2.24. The molecule has 3 heterocycles. The van der Waals surface area contributed by atoms with Crippen LogP contribution in [0, 0.1) is 11.3 Å². The monoisotopic (exact) mass is 335 g/mol. The SMILES string of the molecule is O=C(C1CCCN1c1nccs1)N1C[C@@H]2CCC[C@@]2(C(=O)O)C1. The second-order valence-corrected chi connectivity index (χ2v) is 7.81. The zero-order valence-corrected chi connectivity index (χ0v) is 13.8. The maximum Gasteiger partial charge on any atom is 0.311 e. The fraction of sp³-hybridized carbons (Fsp3) is 0.688. The Hall–Kier alpha value is -1.63. The highest BCUT2D eigenvalue weighted by Crippen LogP contribution is 2.49. The number of amides is 1. The first-order valence-corrected chi connectivity index (χ1v) is 9.18. The summed E-state index contributed by atoms with van der Waals surface area (Å²) in [4.78, 5) is 33.0. The minimum atomic E-state index is -0.724. The van der Waals surface area contributed by atoms with Gasteiger partial charge in [0.25, 0.3) is 0 Å². The van der Waals surface area contributed by atoms with Crippen LogP contribution in [0.1, 0.15) is 32.1 Å². The predicted octanol–water partition coefficient (Wildman–Crippen LogP) is 1.83. The van der Waals surface area contributed by atoms with Gasteiger partial charge in [-0.1, -0.05) is 6.42 Å². The molecule has 0 aromatic carbocycles. The van der Waals surface area contributed by atoms with Gasteiger partial charge < -0.3 is 14.9 Å². The molecule has 1 aliphatic carbocycles. The Bertz CT molecular complexity index is 620. The van der Waals surface area contributed by atoms with Crippen LogP contribution in [0.25, 0.3) is 0 Å². The molecule has 23 heavy (non-hydrogen) atoms. The zero-order valence-electron chi connectivity index (χ0n) is 13.0. The molecule has 4 rings (SSSR count). The van der Waals surface area contributed by atoms with Gasteiger partial charge in [0.05, 0.1) is 5.41 Å². The summed E-state index contributed by atoms with van der Waals surface area (Å²) in [7, 11) is 0. The van der Waals surface area contributed by atoms with E-state index in [0.29, 0.717) is 19.5 Å². The van der Waals surface area contributed by atoms with Crippen LogP contribution >= 0.6 is 11.3 Å². The largest absolute Gasteiger partial charge is 0.481 e. The number of rotatable bonds is 3. The number of nitrogens with zero attached hydrogens (tertiary/aromatic N) is 3. The zero-order chi connectivity index (χ0) is 16.0. The Kier molecular flexibility index (Phi) is 3.55. The number of carboxylic acids is 1. The lowest BCUT2D eigenvalue weighted by Gasteiger charge is -2.28. The van der Waals surface area contributed by atoms with Gasteiger partial charge in [0.2, 0.25) is 5.91 Å². The molecule has 1 N–H and O–H groups in total. The van der Waals surface area contributed by atoms with Gasteiger partial charge in [-0.05, 0) is 31.6 Å². The highest BCUT2D eigenvalue weighted by molar-refractivity contribution is 7.13. The fourth-order valence-corrected chi connectivity index (χ4v) is 5.35. The van der Waals surface area contributed by atoms with E-state index >= 15 is 0 Å². The standard InChI is InChI=1S/C16H21N3O3S/c20-13(12-4-2-7-19(12)15-17-6-8-23-15)18-9-11-3-1-5-16(11,10-18)14(21)22/h6,8,11-12H,1-5,7,9-10H2,(H,21,22)/t11-,12?,16+/m0/s1. The number of fused-ring (bicyclic) bond motifs is 1. The van der Waals surface area contributed by atoms with Crippen molar-refractivity contribution in [2.45, 2.75) is 38.1 Å². The van der Waals surface area contributed by atoms with E-state index in [1.54, 1.807) is 17.5 Å². The second kappa shape index (κ2) is 5.47. The fourth-order valence-electron chi connectivity index (χ4n) is 4.63. The van der Waals surface area contributed by atoms with E-state index in [1.807, 2.05) is 10.3 Å². The molecule has 0 bridgehead atoms. The molecule has 2 saturated heterocycles. The molecule has 7 heteroatoms. The first-order chi connectivity index (χ1) is 11.1. The van der Waals surface area contributed by atoms with Gasteiger partial charge in [-0.25, -0.2) is 4.98 Å². The van der Waals surface area contributed by atoms with E-state index in [1.165, 1.54) is 0 Å². The molecule has 1 aromatic rings. The van der Waals surface area contributed by atoms with Crippen LogP contribution in [-0.4, -0.2) is 52.5 Å². The minimum absolute atomic E-state index is 0.0905. The maximum absolute atomic E-state index is 13.0. The van der Waals surface area contributed by atoms with Crippen molar-refractivity contribution in [2.24, 2.45) is 11.3 Å². The molecule has 1 amide bonds. The number of anilines is 1. The summed E-state index contributed by atoms with van der Waals surface area (Å²) >= 11 is 1.55. The number of aliphatic carboxylic acids is 1. The molecular weight excluding hydrogens is 314 g/mol. The van der Waals surface area contributed by atoms with Crippen molar-refractivity contribution in [1.29, 1.82) is 0 Å². The first-order valence-electron chi connectivity index (χ1n) is 8.30. The van der Waals surface area contributed by atoms with Gasteiger partial charge in [0, 0.05) is 31.2 Å². The number of hydrogen-bond donors (Lipinski definition) is 1. The molecular formula is C16H21N3O3S. The highest BCUT2D eigenvalue weighted by atomic mass is 32.1. The molecule has 0 spiro atoms. The quantitative estimate of drug-likeness (QED) is 0.912. The van der Waals surface area contributed by atoms with Crippen LogP contribution in [0.3, 0.4) is 0 Å². The number of hydrogen-bond acceptors (Lipinski definition) is 5. The Morgan fingerprint density at radius 2 is 2.22 bits per heavy atom. The van der Waals surface area contributed by atoms with Crippen molar-refractivity contribution in [3.8, 4) is 0 Å². The molecule has 1 saturated carbocycles. The third-order valence-electron chi connectivity index (χ3n) is 5.81. The summed E-state index contributed by atoms with van der Waals surface area (Å²) in [5, 5.41) is 12.5. The lowest BCUT2D eigenvalue weighted by atomic mass is 9.81. The normalized spacial score (nSPS) is 33.2. The Morgan fingerprint density at radius 3 is 2.91 bits per heavy atom. The number of likely N-dealkylation sites (tertiary alicyclic amines) is 1. The number of thiazole rings is 1. The maximum atomic E-state index is 13.0. The van der Waals surface area contributed by atoms with E-state index < -0.39 is 11.4 Å². The second-order valence-electron chi connectivity index (χ2n) is 6.94. The van der Waals surface area contributed by atoms with Crippen LogP contribution in [0.5, 0.6) is 0 Å². The van der Waals surface area contributed by atoms with Crippen LogP contribution in [0.2, 0.25) is 0 Å². The highest BCUT2D eigenvalue weighted by Gasteiger charge is 2.56. The van der Waals surface area contributed by atoms with Crippen LogP contribution in [0.15, 0.2) is 11.6 Å². The van der Waals surface area contributed by atoms with Crippen LogP contribution in [-0.2, 0) is 9.59 Å². The smallest absolute Gasteiger partial charge is 0.311 e. The van der Waals surface area contributed by atoms with Gasteiger partial charge >= 0.3 is 5.97 Å². The van der Waals surface area contributed by atoms with Crippen molar-refractivity contribution < 1.29 is 14.7 Å². The molecule has 3 fully saturated rings. The summed E-state index contributed by atoms with van der Waals surface area (Å²) in [6.45, 7) is 1.84. The lowest BCUT2D eigenvalue weighted by Crippen LogP contribution is -2.46. The van der Waals surface area contributed by atoms with Gasteiger partial charge in [-0.15, -0.1) is 11.3 Å². The number of carboxylic acid groups (broad SMARTS) is 1. The minimum Gasteiger partial charge on any atom is -0.481 e. The molecule has 3 atom stereocenters. The van der Waals surface area contributed by atoms with Gasteiger partial charge in [0.15, 0.2) is 5.13 Å². The topological polar surface area (TPSA) is 73.7 Å². The van der Waals surface area contributed by atoms with Crippen molar-refractivity contribution in [1.82, 2.24) is 9.88 Å². The van der Waals surface area contributed by atoms with Crippen molar-refractivity contribution >= 4 is 28.3 Å². The predicted molar refractivity (Wildman–Crippen MR) is 86.5 cm³/mol. The summed E-state index contributed by atoms with van der Waals surface area (Å²) < 4.78 is 0. The number of aromatic nitrogens is 1. The van der Waals surface area contributed by atoms with Crippen molar-refractivity contribution in [3.05, 3.63) is 11.6 Å². The van der Waals surface area contributed by atoms with Crippen LogP contribution in [0.4, 0.5) is 5.13 Å². The summed E-state index contributed by atoms with van der Waals surface area (Å²) in [5.41, 5.74) is -0.694. The molecule has 1 aromatic heterocycles.